The number of hydrogen-bond acceptors (Lipinski definition) is 1. The summed E-state index contributed by atoms with van der Waals surface area (Å²) < 4.78 is 16.7. The smallest absolute Gasteiger partial charge is 0.132 e. The molecule has 2 aromatic carbocycles. The van der Waals surface area contributed by atoms with E-state index >= 15 is 0 Å². The summed E-state index contributed by atoms with van der Waals surface area (Å²) in [5.41, 5.74) is 3.08. The Morgan fingerprint density at radius 2 is 2.00 bits per heavy atom. The molecule has 1 heterocycles. The van der Waals surface area contributed by atoms with Crippen molar-refractivity contribution in [2.45, 2.75) is 19.2 Å². The number of hydrogen-bond donors (Lipinski definition) is 0. The van der Waals surface area contributed by atoms with Gasteiger partial charge in [-0.3, -0.25) is 4.57 Å². The van der Waals surface area contributed by atoms with E-state index in [9.17, 15) is 4.39 Å². The van der Waals surface area contributed by atoms with Gasteiger partial charge in [-0.15, -0.1) is 11.6 Å². The predicted octanol–water partition coefficient (Wildman–Crippen LogP) is 5.54. The van der Waals surface area contributed by atoms with Crippen molar-refractivity contribution in [3.63, 3.8) is 0 Å². The second-order valence-electron chi connectivity index (χ2n) is 4.99. The molecule has 1 aromatic heterocycles. The maximum atomic E-state index is 13.9. The van der Waals surface area contributed by atoms with Crippen LogP contribution in [0.1, 0.15) is 23.7 Å². The SMILES string of the molecule is Cc1ccc(-n2c(C(C)Cl)nc3cc(Br)ccc32)cc1F. The van der Waals surface area contributed by atoms with E-state index < -0.39 is 0 Å². The van der Waals surface area contributed by atoms with Gasteiger partial charge in [0.05, 0.1) is 22.1 Å². The van der Waals surface area contributed by atoms with Crippen LogP contribution in [0.4, 0.5) is 4.39 Å². The average Bonchev–Trinajstić information content (AvgIpc) is 2.80. The van der Waals surface area contributed by atoms with Crippen molar-refractivity contribution in [3.8, 4) is 5.69 Å². The molecule has 0 aliphatic heterocycles. The van der Waals surface area contributed by atoms with Gasteiger partial charge < -0.3 is 0 Å². The maximum absolute atomic E-state index is 13.9. The molecule has 0 N–H and O–H groups in total. The molecule has 0 aliphatic carbocycles. The zero-order valence-corrected chi connectivity index (χ0v) is 13.9. The highest BCUT2D eigenvalue weighted by Crippen LogP contribution is 2.30. The first-order chi connectivity index (χ1) is 9.97. The van der Waals surface area contributed by atoms with Gasteiger partial charge in [-0.2, -0.15) is 0 Å². The van der Waals surface area contributed by atoms with Crippen LogP contribution in [-0.2, 0) is 0 Å². The first kappa shape index (κ1) is 14.5. The Morgan fingerprint density at radius 3 is 2.67 bits per heavy atom. The predicted molar refractivity (Wildman–Crippen MR) is 87.7 cm³/mol. The number of halogens is 3. The molecule has 108 valence electrons. The van der Waals surface area contributed by atoms with Gasteiger partial charge in [0, 0.05) is 4.47 Å². The Kier molecular flexibility index (Phi) is 3.76. The van der Waals surface area contributed by atoms with Gasteiger partial charge in [-0.1, -0.05) is 22.0 Å². The molecule has 0 saturated carbocycles. The van der Waals surface area contributed by atoms with Crippen molar-refractivity contribution in [1.29, 1.82) is 0 Å². The Bertz CT molecular complexity index is 827. The summed E-state index contributed by atoms with van der Waals surface area (Å²) in [5, 5.41) is -0.277. The van der Waals surface area contributed by atoms with Crippen LogP contribution in [-0.4, -0.2) is 9.55 Å². The lowest BCUT2D eigenvalue weighted by Crippen LogP contribution is -2.02. The van der Waals surface area contributed by atoms with Gasteiger partial charge in [0.15, 0.2) is 0 Å². The molecule has 0 saturated heterocycles. The van der Waals surface area contributed by atoms with E-state index in [0.29, 0.717) is 11.4 Å². The molecule has 5 heteroatoms. The zero-order chi connectivity index (χ0) is 15.1. The lowest BCUT2D eigenvalue weighted by atomic mass is 10.2. The summed E-state index contributed by atoms with van der Waals surface area (Å²) in [6.45, 7) is 3.60. The zero-order valence-electron chi connectivity index (χ0n) is 11.6. The topological polar surface area (TPSA) is 17.8 Å². The molecule has 1 unspecified atom stereocenters. The maximum Gasteiger partial charge on any atom is 0.132 e. The molecule has 21 heavy (non-hydrogen) atoms. The first-order valence-electron chi connectivity index (χ1n) is 6.56. The number of rotatable bonds is 2. The summed E-state index contributed by atoms with van der Waals surface area (Å²) in [4.78, 5) is 4.58. The van der Waals surface area contributed by atoms with E-state index in [1.807, 2.05) is 35.8 Å². The van der Waals surface area contributed by atoms with Crippen LogP contribution >= 0.6 is 27.5 Å². The Morgan fingerprint density at radius 1 is 1.24 bits per heavy atom. The van der Waals surface area contributed by atoms with Crippen LogP contribution in [0.2, 0.25) is 0 Å². The van der Waals surface area contributed by atoms with Crippen molar-refractivity contribution in [3.05, 3.63) is 58.1 Å². The summed E-state index contributed by atoms with van der Waals surface area (Å²) in [5.74, 6) is 0.465. The van der Waals surface area contributed by atoms with Crippen LogP contribution in [0, 0.1) is 12.7 Å². The fourth-order valence-corrected chi connectivity index (χ4v) is 2.83. The minimum Gasteiger partial charge on any atom is -0.295 e. The molecule has 3 rings (SSSR count). The number of alkyl halides is 1. The van der Waals surface area contributed by atoms with Crippen LogP contribution in [0.5, 0.6) is 0 Å². The molecule has 2 nitrogen and oxygen atoms in total. The van der Waals surface area contributed by atoms with Crippen LogP contribution in [0.3, 0.4) is 0 Å². The van der Waals surface area contributed by atoms with Gasteiger partial charge in [0.2, 0.25) is 0 Å². The Balaban J connectivity index is 2.33. The summed E-state index contributed by atoms with van der Waals surface area (Å²) in [7, 11) is 0. The standard InChI is InChI=1S/C16H13BrClFN2/c1-9-3-5-12(8-13(9)19)21-15-6-4-11(17)7-14(15)20-16(21)10(2)18/h3-8,10H,1-2H3. The van der Waals surface area contributed by atoms with E-state index in [4.69, 9.17) is 11.6 Å². The van der Waals surface area contributed by atoms with Gasteiger partial charge in [0.1, 0.15) is 11.6 Å². The number of aryl methyl sites for hydroxylation is 1. The first-order valence-corrected chi connectivity index (χ1v) is 7.79. The largest absolute Gasteiger partial charge is 0.295 e. The highest BCUT2D eigenvalue weighted by molar-refractivity contribution is 9.10. The van der Waals surface area contributed by atoms with E-state index in [1.165, 1.54) is 6.07 Å². The van der Waals surface area contributed by atoms with Crippen molar-refractivity contribution < 1.29 is 4.39 Å². The fraction of sp³-hybridized carbons (Fsp3) is 0.188. The van der Waals surface area contributed by atoms with E-state index in [0.717, 1.165) is 21.2 Å². The second-order valence-corrected chi connectivity index (χ2v) is 6.56. The van der Waals surface area contributed by atoms with E-state index in [2.05, 4.69) is 20.9 Å². The van der Waals surface area contributed by atoms with Gasteiger partial charge >= 0.3 is 0 Å². The fourth-order valence-electron chi connectivity index (χ4n) is 2.33. The highest BCUT2D eigenvalue weighted by Gasteiger charge is 2.17. The molecular formula is C16H13BrClFN2. The quantitative estimate of drug-likeness (QED) is 0.544. The minimum absolute atomic E-state index is 0.236. The van der Waals surface area contributed by atoms with Gasteiger partial charge in [-0.25, -0.2) is 9.37 Å². The summed E-state index contributed by atoms with van der Waals surface area (Å²) >= 11 is 9.69. The van der Waals surface area contributed by atoms with Crippen molar-refractivity contribution in [2.75, 3.05) is 0 Å². The number of imidazole rings is 1. The third kappa shape index (κ3) is 2.58. The third-order valence-electron chi connectivity index (χ3n) is 3.41. The molecule has 0 bridgehead atoms. The summed E-state index contributed by atoms with van der Waals surface area (Å²) in [6.07, 6.45) is 0. The minimum atomic E-state index is -0.277. The molecule has 0 amide bonds. The lowest BCUT2D eigenvalue weighted by Gasteiger charge is -2.11. The monoisotopic (exact) mass is 366 g/mol. The number of aromatic nitrogens is 2. The van der Waals surface area contributed by atoms with Crippen LogP contribution in [0.15, 0.2) is 40.9 Å². The lowest BCUT2D eigenvalue weighted by molar-refractivity contribution is 0.617. The van der Waals surface area contributed by atoms with E-state index in [-0.39, 0.29) is 11.2 Å². The number of benzene rings is 2. The van der Waals surface area contributed by atoms with Crippen molar-refractivity contribution in [1.82, 2.24) is 9.55 Å². The normalized spacial score (nSPS) is 12.8. The molecule has 0 spiro atoms. The van der Waals surface area contributed by atoms with Crippen molar-refractivity contribution in [2.24, 2.45) is 0 Å². The van der Waals surface area contributed by atoms with Crippen LogP contribution < -0.4 is 0 Å². The second kappa shape index (κ2) is 5.43. The molecule has 3 aromatic rings. The number of fused-ring (bicyclic) bond motifs is 1. The molecular weight excluding hydrogens is 355 g/mol. The number of nitrogens with zero attached hydrogens (tertiary/aromatic N) is 2. The Labute approximate surface area is 135 Å². The van der Waals surface area contributed by atoms with Crippen LogP contribution in [0.25, 0.3) is 16.7 Å². The Hall–Kier alpha value is -1.39. The molecule has 0 radical (unpaired) electrons. The average molecular weight is 368 g/mol. The summed E-state index contributed by atoms with van der Waals surface area (Å²) in [6, 6.07) is 11.0. The van der Waals surface area contributed by atoms with Gasteiger partial charge in [-0.05, 0) is 49.7 Å². The third-order valence-corrected chi connectivity index (χ3v) is 4.10. The molecule has 0 fully saturated rings. The highest BCUT2D eigenvalue weighted by atomic mass is 79.9. The van der Waals surface area contributed by atoms with E-state index in [1.54, 1.807) is 13.0 Å². The molecule has 1 atom stereocenters. The van der Waals surface area contributed by atoms with Crippen molar-refractivity contribution >= 4 is 38.6 Å². The molecule has 0 aliphatic rings. The van der Waals surface area contributed by atoms with Gasteiger partial charge in [0.25, 0.3) is 0 Å².